The number of nitrogen functional groups attached to an aromatic ring is 1. The Bertz CT molecular complexity index is 799. The molecular formula is C20H25IN4O2. The molecule has 1 aromatic carbocycles. The molecule has 27 heavy (non-hydrogen) atoms. The first kappa shape index (κ1) is 19.7. The minimum absolute atomic E-state index is 0.0676. The zero-order chi connectivity index (χ0) is 19.2. The van der Waals surface area contributed by atoms with E-state index in [1.54, 1.807) is 12.1 Å². The Kier molecular flexibility index (Phi) is 6.76. The zero-order valence-corrected chi connectivity index (χ0v) is 17.4. The second kappa shape index (κ2) is 9.25. The second-order valence-corrected chi connectivity index (χ2v) is 8.19. The van der Waals surface area contributed by atoms with Crippen LogP contribution in [-0.2, 0) is 0 Å². The van der Waals surface area contributed by atoms with Gasteiger partial charge in [-0.2, -0.15) is 0 Å². The molecule has 0 amide bonds. The van der Waals surface area contributed by atoms with E-state index in [2.05, 4.69) is 43.9 Å². The van der Waals surface area contributed by atoms with Crippen LogP contribution in [0.2, 0.25) is 0 Å². The van der Waals surface area contributed by atoms with Crippen molar-refractivity contribution in [2.24, 2.45) is 5.92 Å². The van der Waals surface area contributed by atoms with Crippen molar-refractivity contribution in [1.82, 2.24) is 4.98 Å². The number of halogens is 1. The standard InChI is InChI=1S/C20H25IN4O2/c21-15-8-9-16(22)18(12-15)25-11-3-5-14(13-25)4-2-10-23-19-7-1-6-17(24-19)20(26)27/h1,6-9,12,14H,2-5,10-11,13,22H2,(H,23,24)(H,26,27). The molecule has 1 aliphatic rings. The van der Waals surface area contributed by atoms with Crippen LogP contribution < -0.4 is 16.0 Å². The quantitative estimate of drug-likeness (QED) is 0.315. The molecule has 1 saturated heterocycles. The number of rotatable bonds is 7. The summed E-state index contributed by atoms with van der Waals surface area (Å²) in [6.07, 6.45) is 4.59. The van der Waals surface area contributed by atoms with Crippen molar-refractivity contribution in [1.29, 1.82) is 0 Å². The van der Waals surface area contributed by atoms with Crippen LogP contribution >= 0.6 is 22.6 Å². The van der Waals surface area contributed by atoms with Gasteiger partial charge in [0.1, 0.15) is 5.82 Å². The van der Waals surface area contributed by atoms with E-state index < -0.39 is 5.97 Å². The summed E-state index contributed by atoms with van der Waals surface area (Å²) in [5.41, 5.74) is 8.25. The molecule has 0 saturated carbocycles. The lowest BCUT2D eigenvalue weighted by Crippen LogP contribution is -2.36. The van der Waals surface area contributed by atoms with Gasteiger partial charge in [-0.15, -0.1) is 0 Å². The number of aromatic carboxylic acids is 1. The second-order valence-electron chi connectivity index (χ2n) is 6.94. The highest BCUT2D eigenvalue weighted by molar-refractivity contribution is 14.1. The van der Waals surface area contributed by atoms with Crippen LogP contribution in [-0.4, -0.2) is 35.7 Å². The Balaban J connectivity index is 1.48. The first-order chi connectivity index (χ1) is 13.0. The third-order valence-electron chi connectivity index (χ3n) is 4.92. The van der Waals surface area contributed by atoms with Crippen molar-refractivity contribution >= 4 is 45.8 Å². The van der Waals surface area contributed by atoms with E-state index in [9.17, 15) is 4.79 Å². The van der Waals surface area contributed by atoms with Gasteiger partial charge in [-0.3, -0.25) is 0 Å². The van der Waals surface area contributed by atoms with E-state index >= 15 is 0 Å². The van der Waals surface area contributed by atoms with Gasteiger partial charge < -0.3 is 21.1 Å². The number of nitrogens with zero attached hydrogens (tertiary/aromatic N) is 2. The lowest BCUT2D eigenvalue weighted by molar-refractivity contribution is 0.0690. The smallest absolute Gasteiger partial charge is 0.354 e. The summed E-state index contributed by atoms with van der Waals surface area (Å²) >= 11 is 2.33. The number of benzene rings is 1. The molecule has 4 N–H and O–H groups in total. The molecule has 2 aromatic rings. The largest absolute Gasteiger partial charge is 0.477 e. The van der Waals surface area contributed by atoms with Crippen molar-refractivity contribution in [2.45, 2.75) is 25.7 Å². The van der Waals surface area contributed by atoms with Gasteiger partial charge >= 0.3 is 5.97 Å². The normalized spacial score (nSPS) is 16.9. The van der Waals surface area contributed by atoms with Gasteiger partial charge in [0.05, 0.1) is 11.4 Å². The Morgan fingerprint density at radius 2 is 2.22 bits per heavy atom. The predicted octanol–water partition coefficient (Wildman–Crippen LogP) is 4.08. The molecule has 6 nitrogen and oxygen atoms in total. The Morgan fingerprint density at radius 3 is 3.04 bits per heavy atom. The molecule has 144 valence electrons. The molecule has 7 heteroatoms. The fraction of sp³-hybridized carbons (Fsp3) is 0.400. The van der Waals surface area contributed by atoms with Gasteiger partial charge in [0.25, 0.3) is 0 Å². The molecule has 1 aliphatic heterocycles. The maximum absolute atomic E-state index is 11.0. The van der Waals surface area contributed by atoms with Crippen molar-refractivity contribution < 1.29 is 9.90 Å². The number of carboxylic acid groups (broad SMARTS) is 1. The van der Waals surface area contributed by atoms with Crippen LogP contribution in [0.4, 0.5) is 17.2 Å². The Morgan fingerprint density at radius 1 is 1.37 bits per heavy atom. The summed E-state index contributed by atoms with van der Waals surface area (Å²) in [4.78, 5) is 17.5. The highest BCUT2D eigenvalue weighted by atomic mass is 127. The van der Waals surface area contributed by atoms with Crippen LogP contribution in [0.3, 0.4) is 0 Å². The number of hydrogen-bond donors (Lipinski definition) is 3. The maximum atomic E-state index is 11.0. The molecular weight excluding hydrogens is 455 g/mol. The monoisotopic (exact) mass is 480 g/mol. The molecule has 3 rings (SSSR count). The minimum atomic E-state index is -1.00. The Hall–Kier alpha value is -2.03. The van der Waals surface area contributed by atoms with E-state index in [0.717, 1.165) is 43.9 Å². The number of piperidine rings is 1. The highest BCUT2D eigenvalue weighted by Crippen LogP contribution is 2.31. The van der Waals surface area contributed by atoms with Crippen molar-refractivity contribution in [3.63, 3.8) is 0 Å². The number of nitrogens with one attached hydrogen (secondary N) is 1. The molecule has 1 fully saturated rings. The molecule has 0 bridgehead atoms. The topological polar surface area (TPSA) is 91.5 Å². The molecule has 0 radical (unpaired) electrons. The summed E-state index contributed by atoms with van der Waals surface area (Å²) in [5, 5.41) is 12.2. The predicted molar refractivity (Wildman–Crippen MR) is 117 cm³/mol. The summed E-state index contributed by atoms with van der Waals surface area (Å²) in [5.74, 6) is 0.263. The van der Waals surface area contributed by atoms with E-state index in [1.807, 2.05) is 12.1 Å². The third-order valence-corrected chi connectivity index (χ3v) is 5.59. The molecule has 1 atom stereocenters. The van der Waals surface area contributed by atoms with Crippen molar-refractivity contribution in [3.05, 3.63) is 45.7 Å². The van der Waals surface area contributed by atoms with E-state index in [1.165, 1.54) is 22.5 Å². The van der Waals surface area contributed by atoms with E-state index in [-0.39, 0.29) is 5.69 Å². The van der Waals surface area contributed by atoms with Crippen LogP contribution in [0.15, 0.2) is 36.4 Å². The van der Waals surface area contributed by atoms with Gasteiger partial charge in [0.2, 0.25) is 0 Å². The van der Waals surface area contributed by atoms with Gasteiger partial charge in [-0.1, -0.05) is 6.07 Å². The number of carboxylic acids is 1. The lowest BCUT2D eigenvalue weighted by atomic mass is 9.93. The van der Waals surface area contributed by atoms with Crippen LogP contribution in [0, 0.1) is 9.49 Å². The molecule has 1 aromatic heterocycles. The van der Waals surface area contributed by atoms with Gasteiger partial charge in [-0.25, -0.2) is 9.78 Å². The van der Waals surface area contributed by atoms with Crippen LogP contribution in [0.5, 0.6) is 0 Å². The summed E-state index contributed by atoms with van der Waals surface area (Å²) in [6, 6.07) is 11.2. The van der Waals surface area contributed by atoms with Crippen molar-refractivity contribution in [2.75, 3.05) is 35.6 Å². The summed E-state index contributed by atoms with van der Waals surface area (Å²) in [7, 11) is 0. The van der Waals surface area contributed by atoms with Crippen LogP contribution in [0.1, 0.15) is 36.2 Å². The number of aromatic nitrogens is 1. The fourth-order valence-corrected chi connectivity index (χ4v) is 4.04. The average Bonchev–Trinajstić information content (AvgIpc) is 2.67. The van der Waals surface area contributed by atoms with Crippen molar-refractivity contribution in [3.8, 4) is 0 Å². The van der Waals surface area contributed by atoms with Gasteiger partial charge in [0, 0.05) is 23.2 Å². The number of pyridine rings is 1. The minimum Gasteiger partial charge on any atom is -0.477 e. The average molecular weight is 480 g/mol. The number of carbonyl (C=O) groups is 1. The zero-order valence-electron chi connectivity index (χ0n) is 15.2. The maximum Gasteiger partial charge on any atom is 0.354 e. The van der Waals surface area contributed by atoms with Gasteiger partial charge in [-0.05, 0) is 84.5 Å². The highest BCUT2D eigenvalue weighted by Gasteiger charge is 2.21. The molecule has 2 heterocycles. The van der Waals surface area contributed by atoms with E-state index in [4.69, 9.17) is 10.8 Å². The third kappa shape index (κ3) is 5.47. The number of anilines is 3. The molecule has 1 unspecified atom stereocenters. The first-order valence-electron chi connectivity index (χ1n) is 9.27. The first-order valence-corrected chi connectivity index (χ1v) is 10.3. The van der Waals surface area contributed by atoms with Crippen LogP contribution in [0.25, 0.3) is 0 Å². The Labute approximate surface area is 173 Å². The van der Waals surface area contributed by atoms with E-state index in [0.29, 0.717) is 11.7 Å². The summed E-state index contributed by atoms with van der Waals surface area (Å²) < 4.78 is 1.21. The molecule has 0 spiro atoms. The fourth-order valence-electron chi connectivity index (χ4n) is 3.57. The van der Waals surface area contributed by atoms with Gasteiger partial charge in [0.15, 0.2) is 5.69 Å². The SMILES string of the molecule is Nc1ccc(I)cc1N1CCCC(CCCNc2cccc(C(=O)O)n2)C1. The lowest BCUT2D eigenvalue weighted by Gasteiger charge is -2.35. The number of nitrogens with two attached hydrogens (primary N) is 1. The summed E-state index contributed by atoms with van der Waals surface area (Å²) in [6.45, 7) is 2.89. The number of hydrogen-bond acceptors (Lipinski definition) is 5. The molecule has 0 aliphatic carbocycles.